The number of ether oxygens (including phenoxy) is 1. The van der Waals surface area contributed by atoms with Crippen LogP contribution in [0.2, 0.25) is 0 Å². The Labute approximate surface area is 95.6 Å². The van der Waals surface area contributed by atoms with E-state index in [4.69, 9.17) is 4.74 Å². The average Bonchev–Trinajstić information content (AvgIpc) is 2.29. The Kier molecular flexibility index (Phi) is 2.96. The molecule has 16 heavy (non-hydrogen) atoms. The summed E-state index contributed by atoms with van der Waals surface area (Å²) in [5.74, 6) is 6.81. The van der Waals surface area contributed by atoms with Gasteiger partial charge in [0.2, 0.25) is 0 Å². The first-order valence-corrected chi connectivity index (χ1v) is 5.46. The minimum atomic E-state index is 0.0764. The molecule has 0 spiro atoms. The van der Waals surface area contributed by atoms with Crippen LogP contribution in [0.25, 0.3) is 0 Å². The van der Waals surface area contributed by atoms with Gasteiger partial charge < -0.3 is 4.74 Å². The number of benzene rings is 1. The number of ketones is 1. The zero-order valence-electron chi connectivity index (χ0n) is 9.59. The summed E-state index contributed by atoms with van der Waals surface area (Å²) in [6.45, 7) is 4.11. The molecule has 0 saturated heterocycles. The summed E-state index contributed by atoms with van der Waals surface area (Å²) in [4.78, 5) is 11.4. The molecule has 82 valence electrons. The molecular formula is C14H14O2. The lowest BCUT2D eigenvalue weighted by molar-refractivity contribution is 0.101. The smallest absolute Gasteiger partial charge is 0.159 e. The SMILES string of the molecule is CC#Cc1cc(C(C)=O)cc2c1OCCC2. The highest BCUT2D eigenvalue weighted by molar-refractivity contribution is 5.95. The summed E-state index contributed by atoms with van der Waals surface area (Å²) in [6, 6.07) is 3.75. The van der Waals surface area contributed by atoms with Crippen molar-refractivity contribution in [3.05, 3.63) is 28.8 Å². The van der Waals surface area contributed by atoms with Crippen LogP contribution < -0.4 is 4.74 Å². The Bertz CT molecular complexity index is 489. The molecule has 1 aliphatic rings. The van der Waals surface area contributed by atoms with Crippen molar-refractivity contribution in [1.82, 2.24) is 0 Å². The summed E-state index contributed by atoms with van der Waals surface area (Å²) in [7, 11) is 0. The van der Waals surface area contributed by atoms with Gasteiger partial charge in [0.25, 0.3) is 0 Å². The first-order chi connectivity index (χ1) is 7.72. The molecule has 0 bridgehead atoms. The van der Waals surface area contributed by atoms with E-state index < -0.39 is 0 Å². The molecule has 0 N–H and O–H groups in total. The van der Waals surface area contributed by atoms with Crippen LogP contribution in [0.3, 0.4) is 0 Å². The number of hydrogen-bond acceptors (Lipinski definition) is 2. The second kappa shape index (κ2) is 4.40. The van der Waals surface area contributed by atoms with Crippen LogP contribution in [0, 0.1) is 11.8 Å². The molecule has 0 amide bonds. The highest BCUT2D eigenvalue weighted by Crippen LogP contribution is 2.30. The number of carbonyl (C=O) groups excluding carboxylic acids is 1. The van der Waals surface area contributed by atoms with Gasteiger partial charge in [-0.25, -0.2) is 0 Å². The second-order valence-electron chi connectivity index (χ2n) is 3.90. The number of hydrogen-bond donors (Lipinski definition) is 0. The molecule has 1 aromatic rings. The predicted molar refractivity (Wildman–Crippen MR) is 62.8 cm³/mol. The van der Waals surface area contributed by atoms with E-state index in [2.05, 4.69) is 11.8 Å². The summed E-state index contributed by atoms with van der Waals surface area (Å²) >= 11 is 0. The third-order valence-corrected chi connectivity index (χ3v) is 2.67. The zero-order chi connectivity index (χ0) is 11.5. The Hall–Kier alpha value is -1.75. The van der Waals surface area contributed by atoms with E-state index in [0.717, 1.165) is 41.9 Å². The second-order valence-corrected chi connectivity index (χ2v) is 3.90. The minimum Gasteiger partial charge on any atom is -0.492 e. The number of fused-ring (bicyclic) bond motifs is 1. The van der Waals surface area contributed by atoms with E-state index in [1.165, 1.54) is 0 Å². The maximum atomic E-state index is 11.4. The van der Waals surface area contributed by atoms with Crippen LogP contribution in [-0.4, -0.2) is 12.4 Å². The van der Waals surface area contributed by atoms with Crippen molar-refractivity contribution < 1.29 is 9.53 Å². The standard InChI is InChI=1S/C14H14O2/c1-3-5-11-8-13(10(2)15)9-12-6-4-7-16-14(11)12/h8-9H,4,6-7H2,1-2H3. The molecule has 0 fully saturated rings. The summed E-state index contributed by atoms with van der Waals surface area (Å²) in [6.07, 6.45) is 1.97. The third kappa shape index (κ3) is 1.94. The minimum absolute atomic E-state index is 0.0764. The number of rotatable bonds is 1. The van der Waals surface area contributed by atoms with Gasteiger partial charge >= 0.3 is 0 Å². The maximum Gasteiger partial charge on any atom is 0.159 e. The molecule has 0 radical (unpaired) electrons. The quantitative estimate of drug-likeness (QED) is 0.530. The van der Waals surface area contributed by atoms with E-state index in [0.29, 0.717) is 0 Å². The Morgan fingerprint density at radius 1 is 1.44 bits per heavy atom. The van der Waals surface area contributed by atoms with Crippen molar-refractivity contribution in [2.45, 2.75) is 26.7 Å². The van der Waals surface area contributed by atoms with Crippen LogP contribution in [0.4, 0.5) is 0 Å². The molecule has 1 aromatic carbocycles. The fourth-order valence-electron chi connectivity index (χ4n) is 1.91. The normalized spacial score (nSPS) is 13.1. The molecule has 0 aliphatic carbocycles. The van der Waals surface area contributed by atoms with Crippen molar-refractivity contribution in [3.8, 4) is 17.6 Å². The van der Waals surface area contributed by atoms with Crippen LogP contribution in [0.5, 0.6) is 5.75 Å². The van der Waals surface area contributed by atoms with Gasteiger partial charge in [0.15, 0.2) is 5.78 Å². The van der Waals surface area contributed by atoms with Crippen LogP contribution in [0.15, 0.2) is 12.1 Å². The van der Waals surface area contributed by atoms with Gasteiger partial charge in [-0.2, -0.15) is 0 Å². The monoisotopic (exact) mass is 214 g/mol. The van der Waals surface area contributed by atoms with Crippen molar-refractivity contribution in [1.29, 1.82) is 0 Å². The van der Waals surface area contributed by atoms with Crippen molar-refractivity contribution in [2.75, 3.05) is 6.61 Å². The number of carbonyl (C=O) groups is 1. The largest absolute Gasteiger partial charge is 0.492 e. The van der Waals surface area contributed by atoms with Gasteiger partial charge in [0, 0.05) is 5.56 Å². The summed E-state index contributed by atoms with van der Waals surface area (Å²) < 4.78 is 5.63. The Balaban J connectivity index is 2.59. The van der Waals surface area contributed by atoms with Crippen LogP contribution in [0.1, 0.15) is 41.8 Å². The van der Waals surface area contributed by atoms with Crippen molar-refractivity contribution in [3.63, 3.8) is 0 Å². The maximum absolute atomic E-state index is 11.4. The van der Waals surface area contributed by atoms with E-state index >= 15 is 0 Å². The molecule has 0 saturated carbocycles. The van der Waals surface area contributed by atoms with E-state index in [1.54, 1.807) is 13.8 Å². The van der Waals surface area contributed by atoms with Gasteiger partial charge in [0.1, 0.15) is 5.75 Å². The molecule has 0 unspecified atom stereocenters. The lowest BCUT2D eigenvalue weighted by Gasteiger charge is -2.19. The third-order valence-electron chi connectivity index (χ3n) is 2.67. The molecule has 1 aliphatic heterocycles. The van der Waals surface area contributed by atoms with Gasteiger partial charge in [-0.3, -0.25) is 4.79 Å². The Morgan fingerprint density at radius 3 is 2.94 bits per heavy atom. The fourth-order valence-corrected chi connectivity index (χ4v) is 1.91. The lowest BCUT2D eigenvalue weighted by atomic mass is 9.97. The Morgan fingerprint density at radius 2 is 2.25 bits per heavy atom. The highest BCUT2D eigenvalue weighted by Gasteiger charge is 2.16. The van der Waals surface area contributed by atoms with Gasteiger partial charge in [-0.1, -0.05) is 5.92 Å². The number of Topliss-reactive ketones (excluding diaryl/α,β-unsaturated/α-hetero) is 1. The molecule has 2 heteroatoms. The van der Waals surface area contributed by atoms with Gasteiger partial charge in [-0.05, 0) is 44.4 Å². The first kappa shape index (κ1) is 10.8. The number of aryl methyl sites for hydroxylation is 1. The fraction of sp³-hybridized carbons (Fsp3) is 0.357. The van der Waals surface area contributed by atoms with E-state index in [1.807, 2.05) is 12.1 Å². The summed E-state index contributed by atoms with van der Waals surface area (Å²) in [5.41, 5.74) is 2.67. The van der Waals surface area contributed by atoms with Crippen molar-refractivity contribution in [2.24, 2.45) is 0 Å². The van der Waals surface area contributed by atoms with Gasteiger partial charge in [-0.15, -0.1) is 5.92 Å². The summed E-state index contributed by atoms with van der Waals surface area (Å²) in [5, 5.41) is 0. The molecule has 0 aromatic heterocycles. The molecule has 2 nitrogen and oxygen atoms in total. The highest BCUT2D eigenvalue weighted by atomic mass is 16.5. The molecular weight excluding hydrogens is 200 g/mol. The van der Waals surface area contributed by atoms with E-state index in [-0.39, 0.29) is 5.78 Å². The van der Waals surface area contributed by atoms with Crippen LogP contribution in [-0.2, 0) is 6.42 Å². The predicted octanol–water partition coefficient (Wildman–Crippen LogP) is 2.59. The molecule has 2 rings (SSSR count). The molecule has 1 heterocycles. The lowest BCUT2D eigenvalue weighted by Crippen LogP contribution is -2.11. The zero-order valence-corrected chi connectivity index (χ0v) is 9.59. The van der Waals surface area contributed by atoms with Gasteiger partial charge in [0.05, 0.1) is 12.2 Å². The first-order valence-electron chi connectivity index (χ1n) is 5.46. The van der Waals surface area contributed by atoms with Crippen LogP contribution >= 0.6 is 0 Å². The average molecular weight is 214 g/mol. The molecule has 0 atom stereocenters. The van der Waals surface area contributed by atoms with Crippen molar-refractivity contribution >= 4 is 5.78 Å². The topological polar surface area (TPSA) is 26.3 Å². The van der Waals surface area contributed by atoms with E-state index in [9.17, 15) is 4.79 Å².